The highest BCUT2D eigenvalue weighted by molar-refractivity contribution is 7.98. The van der Waals surface area contributed by atoms with Gasteiger partial charge >= 0.3 is 0 Å². The molecule has 4 rings (SSSR count). The highest BCUT2D eigenvalue weighted by Gasteiger charge is 2.13. The van der Waals surface area contributed by atoms with Crippen LogP contribution in [0.5, 0.6) is 5.75 Å². The molecule has 0 spiro atoms. The fraction of sp³-hybridized carbons (Fsp3) is 0.150. The van der Waals surface area contributed by atoms with E-state index in [-0.39, 0.29) is 6.61 Å². The number of thiazole rings is 1. The third-order valence-electron chi connectivity index (χ3n) is 4.10. The monoisotopic (exact) mass is 462 g/mol. The smallest absolute Gasteiger partial charge is 0.191 e. The van der Waals surface area contributed by atoms with Gasteiger partial charge in [0.1, 0.15) is 17.4 Å². The van der Waals surface area contributed by atoms with E-state index in [1.165, 1.54) is 0 Å². The summed E-state index contributed by atoms with van der Waals surface area (Å²) in [5, 5.41) is 13.5. The van der Waals surface area contributed by atoms with E-state index < -0.39 is 0 Å². The molecule has 5 nitrogen and oxygen atoms in total. The fourth-order valence-corrected chi connectivity index (χ4v) is 4.64. The van der Waals surface area contributed by atoms with Crippen LogP contribution in [0.3, 0.4) is 0 Å². The van der Waals surface area contributed by atoms with E-state index in [1.807, 2.05) is 29.8 Å². The van der Waals surface area contributed by atoms with Crippen molar-refractivity contribution < 1.29 is 4.74 Å². The minimum atomic E-state index is 0.249. The van der Waals surface area contributed by atoms with Crippen molar-refractivity contribution in [2.45, 2.75) is 17.5 Å². The molecule has 0 unspecified atom stereocenters. The molecule has 0 saturated heterocycles. The molecule has 29 heavy (non-hydrogen) atoms. The molecule has 0 radical (unpaired) electrons. The number of ether oxygens (including phenoxy) is 1. The van der Waals surface area contributed by atoms with Crippen molar-refractivity contribution in [2.75, 3.05) is 0 Å². The van der Waals surface area contributed by atoms with Gasteiger partial charge in [0.05, 0.1) is 10.7 Å². The average Bonchev–Trinajstić information content (AvgIpc) is 3.35. The summed E-state index contributed by atoms with van der Waals surface area (Å²) in [7, 11) is 1.91. The number of rotatable bonds is 7. The molecule has 2 aromatic carbocycles. The van der Waals surface area contributed by atoms with E-state index in [4.69, 9.17) is 32.9 Å². The SMILES string of the molecule is Cn1c(COc2cc(Cl)ccc2Cl)nnc1SCc1csc(-c2ccccc2)n1. The van der Waals surface area contributed by atoms with Gasteiger partial charge in [-0.15, -0.1) is 21.5 Å². The highest BCUT2D eigenvalue weighted by atomic mass is 35.5. The molecular formula is C20H16Cl2N4OS2. The maximum atomic E-state index is 6.13. The number of hydrogen-bond acceptors (Lipinski definition) is 6. The predicted octanol–water partition coefficient (Wildman–Crippen LogP) is 6.12. The van der Waals surface area contributed by atoms with Crippen molar-refractivity contribution in [3.8, 4) is 16.3 Å². The van der Waals surface area contributed by atoms with Crippen LogP contribution in [-0.2, 0) is 19.4 Å². The summed E-state index contributed by atoms with van der Waals surface area (Å²) >= 11 is 15.4. The summed E-state index contributed by atoms with van der Waals surface area (Å²) in [6, 6.07) is 15.3. The largest absolute Gasteiger partial charge is 0.484 e. The molecule has 2 heterocycles. The summed E-state index contributed by atoms with van der Waals surface area (Å²) in [6.07, 6.45) is 0. The Hall–Kier alpha value is -2.06. The molecule has 148 valence electrons. The van der Waals surface area contributed by atoms with Gasteiger partial charge in [-0.25, -0.2) is 4.98 Å². The van der Waals surface area contributed by atoms with Gasteiger partial charge in [0, 0.05) is 34.8 Å². The van der Waals surface area contributed by atoms with Crippen LogP contribution in [0, 0.1) is 0 Å². The number of nitrogens with zero attached hydrogens (tertiary/aromatic N) is 4. The predicted molar refractivity (Wildman–Crippen MR) is 119 cm³/mol. The number of hydrogen-bond donors (Lipinski definition) is 0. The van der Waals surface area contributed by atoms with Gasteiger partial charge < -0.3 is 9.30 Å². The molecular weight excluding hydrogens is 447 g/mol. The molecule has 0 amide bonds. The van der Waals surface area contributed by atoms with Crippen LogP contribution >= 0.6 is 46.3 Å². The fourth-order valence-electron chi connectivity index (χ4n) is 2.55. The normalized spacial score (nSPS) is 11.0. The van der Waals surface area contributed by atoms with Crippen molar-refractivity contribution in [2.24, 2.45) is 7.05 Å². The van der Waals surface area contributed by atoms with E-state index in [2.05, 4.69) is 27.7 Å². The molecule has 2 aromatic heterocycles. The molecule has 4 aromatic rings. The van der Waals surface area contributed by atoms with Gasteiger partial charge in [-0.3, -0.25) is 0 Å². The first-order valence-corrected chi connectivity index (χ1v) is 11.3. The zero-order chi connectivity index (χ0) is 20.2. The minimum Gasteiger partial charge on any atom is -0.484 e. The first kappa shape index (κ1) is 20.2. The van der Waals surface area contributed by atoms with Crippen LogP contribution in [0.4, 0.5) is 0 Å². The Morgan fingerprint density at radius 2 is 1.93 bits per heavy atom. The molecule has 9 heteroatoms. The minimum absolute atomic E-state index is 0.249. The van der Waals surface area contributed by atoms with Gasteiger partial charge in [-0.1, -0.05) is 65.3 Å². The number of halogens is 2. The van der Waals surface area contributed by atoms with E-state index in [0.717, 1.165) is 27.2 Å². The second kappa shape index (κ2) is 9.17. The van der Waals surface area contributed by atoms with E-state index >= 15 is 0 Å². The molecule has 0 aliphatic heterocycles. The van der Waals surface area contributed by atoms with Crippen molar-refractivity contribution in [1.82, 2.24) is 19.7 Å². The molecule has 0 fully saturated rings. The number of aromatic nitrogens is 4. The van der Waals surface area contributed by atoms with Crippen LogP contribution in [-0.4, -0.2) is 19.7 Å². The van der Waals surface area contributed by atoms with E-state index in [1.54, 1.807) is 41.3 Å². The Bertz CT molecular complexity index is 1110. The standard InChI is InChI=1S/C20H16Cl2N4OS2/c1-26-18(10-27-17-9-14(21)7-8-16(17)22)24-25-20(26)29-12-15-11-28-19(23-15)13-5-3-2-4-6-13/h2-9,11H,10,12H2,1H3. The zero-order valence-corrected chi connectivity index (χ0v) is 18.5. The first-order chi connectivity index (χ1) is 14.1. The number of thioether (sulfide) groups is 1. The lowest BCUT2D eigenvalue weighted by molar-refractivity contribution is 0.290. The highest BCUT2D eigenvalue weighted by Crippen LogP contribution is 2.29. The Kier molecular flexibility index (Phi) is 6.40. The molecule has 0 N–H and O–H groups in total. The summed E-state index contributed by atoms with van der Waals surface area (Å²) in [6.45, 7) is 0.249. The first-order valence-electron chi connectivity index (χ1n) is 8.69. The van der Waals surface area contributed by atoms with Gasteiger partial charge in [0.15, 0.2) is 11.0 Å². The van der Waals surface area contributed by atoms with Crippen molar-refractivity contribution in [1.29, 1.82) is 0 Å². The van der Waals surface area contributed by atoms with Gasteiger partial charge in [0.2, 0.25) is 0 Å². The van der Waals surface area contributed by atoms with Crippen LogP contribution in [0.2, 0.25) is 10.0 Å². The lowest BCUT2D eigenvalue weighted by atomic mass is 10.2. The average molecular weight is 463 g/mol. The second-order valence-corrected chi connectivity index (χ2v) is 8.76. The Labute approximate surface area is 186 Å². The third kappa shape index (κ3) is 4.93. The van der Waals surface area contributed by atoms with Gasteiger partial charge in [-0.2, -0.15) is 0 Å². The van der Waals surface area contributed by atoms with E-state index in [9.17, 15) is 0 Å². The van der Waals surface area contributed by atoms with Crippen LogP contribution in [0.25, 0.3) is 10.6 Å². The van der Waals surface area contributed by atoms with Crippen LogP contribution in [0.1, 0.15) is 11.5 Å². The second-order valence-electron chi connectivity index (χ2n) is 6.12. The third-order valence-corrected chi connectivity index (χ3v) is 6.64. The zero-order valence-electron chi connectivity index (χ0n) is 15.4. The maximum absolute atomic E-state index is 6.13. The maximum Gasteiger partial charge on any atom is 0.191 e. The lowest BCUT2D eigenvalue weighted by Gasteiger charge is -2.08. The van der Waals surface area contributed by atoms with Gasteiger partial charge in [-0.05, 0) is 12.1 Å². The molecule has 0 aliphatic carbocycles. The molecule has 0 bridgehead atoms. The summed E-state index contributed by atoms with van der Waals surface area (Å²) < 4.78 is 7.66. The van der Waals surface area contributed by atoms with Crippen molar-refractivity contribution in [3.63, 3.8) is 0 Å². The Morgan fingerprint density at radius 1 is 1.10 bits per heavy atom. The van der Waals surface area contributed by atoms with Gasteiger partial charge in [0.25, 0.3) is 0 Å². The molecule has 0 atom stereocenters. The summed E-state index contributed by atoms with van der Waals surface area (Å²) in [4.78, 5) is 4.71. The van der Waals surface area contributed by atoms with E-state index in [0.29, 0.717) is 21.6 Å². The summed E-state index contributed by atoms with van der Waals surface area (Å²) in [5.74, 6) is 1.94. The van der Waals surface area contributed by atoms with Crippen molar-refractivity contribution in [3.05, 3.63) is 75.5 Å². The van der Waals surface area contributed by atoms with Crippen LogP contribution in [0.15, 0.2) is 59.1 Å². The van der Waals surface area contributed by atoms with Crippen LogP contribution < -0.4 is 4.74 Å². The Balaban J connectivity index is 1.38. The number of benzene rings is 2. The Morgan fingerprint density at radius 3 is 2.76 bits per heavy atom. The molecule has 0 aliphatic rings. The lowest BCUT2D eigenvalue weighted by Crippen LogP contribution is -2.04. The summed E-state index contributed by atoms with van der Waals surface area (Å²) in [5.41, 5.74) is 2.15. The van der Waals surface area contributed by atoms with Crippen molar-refractivity contribution >= 4 is 46.3 Å². The molecule has 0 saturated carbocycles. The topological polar surface area (TPSA) is 52.8 Å². The quantitative estimate of drug-likeness (QED) is 0.309.